The molecule has 46 heavy (non-hydrogen) atoms. The minimum Gasteiger partial charge on any atom is -0.506 e. The first-order valence-corrected chi connectivity index (χ1v) is 15.3. The van der Waals surface area contributed by atoms with Crippen LogP contribution in [-0.4, -0.2) is 97.9 Å². The van der Waals surface area contributed by atoms with Gasteiger partial charge in [0.15, 0.2) is 0 Å². The SMILES string of the molecule is CCOC(=O)c1c(N2CCOCC2)[nH]c(=O)c(C(c2ccccc2Cl)c2c(O)c(C(=O)OCC)c(N3CCOCC3)[nH]c2=O)c1O. The highest BCUT2D eigenvalue weighted by molar-refractivity contribution is 6.31. The number of aromatic amines is 2. The smallest absolute Gasteiger partial charge is 0.345 e. The van der Waals surface area contributed by atoms with Crippen LogP contribution >= 0.6 is 11.6 Å². The van der Waals surface area contributed by atoms with Gasteiger partial charge in [0.25, 0.3) is 11.1 Å². The van der Waals surface area contributed by atoms with Crippen molar-refractivity contribution in [3.63, 3.8) is 0 Å². The molecule has 4 heterocycles. The third-order valence-corrected chi connectivity index (χ3v) is 8.16. The van der Waals surface area contributed by atoms with Gasteiger partial charge in [0.05, 0.1) is 56.7 Å². The summed E-state index contributed by atoms with van der Waals surface area (Å²) in [6.07, 6.45) is 0. The number of hydrogen-bond acceptors (Lipinski definition) is 12. The van der Waals surface area contributed by atoms with E-state index in [1.54, 1.807) is 35.8 Å². The second-order valence-corrected chi connectivity index (χ2v) is 10.9. The molecule has 0 spiro atoms. The molecule has 3 aromatic rings. The molecule has 246 valence electrons. The predicted molar refractivity (Wildman–Crippen MR) is 168 cm³/mol. The van der Waals surface area contributed by atoms with E-state index in [1.807, 2.05) is 0 Å². The Balaban J connectivity index is 1.84. The van der Waals surface area contributed by atoms with Crippen molar-refractivity contribution >= 4 is 35.2 Å². The van der Waals surface area contributed by atoms with Gasteiger partial charge < -0.3 is 48.9 Å². The molecule has 0 atom stereocenters. The lowest BCUT2D eigenvalue weighted by molar-refractivity contribution is 0.0512. The third-order valence-electron chi connectivity index (χ3n) is 7.82. The fourth-order valence-electron chi connectivity index (χ4n) is 5.73. The topological polar surface area (TPSA) is 184 Å². The van der Waals surface area contributed by atoms with E-state index in [0.717, 1.165) is 0 Å². The van der Waals surface area contributed by atoms with Crippen LogP contribution in [-0.2, 0) is 18.9 Å². The maximum absolute atomic E-state index is 14.0. The predicted octanol–water partition coefficient (Wildman–Crippen LogP) is 2.33. The average molecular weight is 659 g/mol. The number of hydrogen-bond donors (Lipinski definition) is 4. The Labute approximate surface area is 268 Å². The maximum Gasteiger partial charge on any atom is 0.345 e. The van der Waals surface area contributed by atoms with Gasteiger partial charge in [0, 0.05) is 31.2 Å². The van der Waals surface area contributed by atoms with E-state index in [2.05, 4.69) is 9.97 Å². The van der Waals surface area contributed by atoms with Crippen molar-refractivity contribution in [1.82, 2.24) is 9.97 Å². The number of halogens is 1. The van der Waals surface area contributed by atoms with E-state index < -0.39 is 51.6 Å². The number of nitrogens with one attached hydrogen (secondary N) is 2. The summed E-state index contributed by atoms with van der Waals surface area (Å²) in [4.78, 5) is 63.5. The largest absolute Gasteiger partial charge is 0.506 e. The Bertz CT molecular complexity index is 1620. The quantitative estimate of drug-likeness (QED) is 0.247. The maximum atomic E-state index is 14.0. The molecule has 2 fully saturated rings. The summed E-state index contributed by atoms with van der Waals surface area (Å²) in [5, 5.41) is 23.7. The molecule has 2 aliphatic rings. The minimum atomic E-state index is -1.57. The van der Waals surface area contributed by atoms with Crippen LogP contribution in [0.5, 0.6) is 11.5 Å². The van der Waals surface area contributed by atoms with Crippen LogP contribution in [0.15, 0.2) is 33.9 Å². The van der Waals surface area contributed by atoms with E-state index in [4.69, 9.17) is 30.5 Å². The normalized spacial score (nSPS) is 15.2. The summed E-state index contributed by atoms with van der Waals surface area (Å²) in [6.45, 7) is 5.58. The molecule has 0 radical (unpaired) electrons. The number of aromatic hydroxyl groups is 2. The van der Waals surface area contributed by atoms with Gasteiger partial charge in [-0.15, -0.1) is 0 Å². The summed E-state index contributed by atoms with van der Waals surface area (Å²) < 4.78 is 21.3. The van der Waals surface area contributed by atoms with Crippen LogP contribution in [0.3, 0.4) is 0 Å². The molecule has 1 aromatic carbocycles. The van der Waals surface area contributed by atoms with Crippen LogP contribution in [0.2, 0.25) is 5.02 Å². The molecule has 0 bridgehead atoms. The zero-order chi connectivity index (χ0) is 33.0. The molecule has 0 saturated carbocycles. The first-order valence-electron chi connectivity index (χ1n) is 14.9. The monoisotopic (exact) mass is 658 g/mol. The molecular weight excluding hydrogens is 624 g/mol. The van der Waals surface area contributed by atoms with Crippen molar-refractivity contribution in [1.29, 1.82) is 0 Å². The van der Waals surface area contributed by atoms with Crippen molar-refractivity contribution in [3.8, 4) is 11.5 Å². The van der Waals surface area contributed by atoms with Gasteiger partial charge in [0.1, 0.15) is 34.3 Å². The number of anilines is 2. The number of aromatic nitrogens is 2. The van der Waals surface area contributed by atoms with Crippen LogP contribution in [0.25, 0.3) is 0 Å². The second kappa shape index (κ2) is 14.3. The third kappa shape index (κ3) is 6.28. The number of H-pyrrole nitrogens is 2. The summed E-state index contributed by atoms with van der Waals surface area (Å²) >= 11 is 6.62. The van der Waals surface area contributed by atoms with Crippen molar-refractivity contribution in [2.75, 3.05) is 75.6 Å². The standard InChI is InChI=1S/C31H35ClN4O10/c1-3-45-30(41)22-24(37)20(28(39)33-26(22)35-9-13-43-14-10-35)19(17-7-5-6-8-18(17)32)21-25(38)23(31(42)46-4-2)27(34-29(21)40)36-11-15-44-16-12-36/h5-8,19H,3-4,9-16H2,1-2H3,(H2,33,37,39)(H2,34,38,40). The average Bonchev–Trinajstić information content (AvgIpc) is 3.04. The van der Waals surface area contributed by atoms with Gasteiger partial charge in [0.2, 0.25) is 0 Å². The lowest BCUT2D eigenvalue weighted by Crippen LogP contribution is -2.40. The number of rotatable bonds is 9. The van der Waals surface area contributed by atoms with Crippen LogP contribution < -0.4 is 20.9 Å². The van der Waals surface area contributed by atoms with Crippen LogP contribution in [0, 0.1) is 0 Å². The zero-order valence-corrected chi connectivity index (χ0v) is 26.1. The highest BCUT2D eigenvalue weighted by atomic mass is 35.5. The number of nitrogens with zero attached hydrogens (tertiary/aromatic N) is 2. The summed E-state index contributed by atoms with van der Waals surface area (Å²) in [5.74, 6) is -4.95. The molecule has 0 amide bonds. The van der Waals surface area contributed by atoms with Crippen molar-refractivity contribution in [2.24, 2.45) is 0 Å². The lowest BCUT2D eigenvalue weighted by atomic mass is 9.83. The molecule has 2 aliphatic heterocycles. The fourth-order valence-corrected chi connectivity index (χ4v) is 5.97. The van der Waals surface area contributed by atoms with E-state index in [1.165, 1.54) is 12.1 Å². The minimum absolute atomic E-state index is 0.0129. The number of morpholine rings is 2. The van der Waals surface area contributed by atoms with Crippen molar-refractivity contribution in [3.05, 3.63) is 77.8 Å². The first kappa shape index (κ1) is 32.9. The molecular formula is C31H35ClN4O10. The van der Waals surface area contributed by atoms with Gasteiger partial charge in [-0.05, 0) is 25.5 Å². The number of carbonyl (C=O) groups is 2. The molecule has 0 aliphatic carbocycles. The van der Waals surface area contributed by atoms with Crippen LogP contribution in [0.4, 0.5) is 11.6 Å². The summed E-state index contributed by atoms with van der Waals surface area (Å²) in [7, 11) is 0. The Morgan fingerprint density at radius 3 is 1.61 bits per heavy atom. The van der Waals surface area contributed by atoms with E-state index >= 15 is 0 Å². The molecule has 15 heteroatoms. The Morgan fingerprint density at radius 2 is 1.22 bits per heavy atom. The lowest BCUT2D eigenvalue weighted by Gasteiger charge is -2.31. The second-order valence-electron chi connectivity index (χ2n) is 10.5. The van der Waals surface area contributed by atoms with Crippen molar-refractivity contribution < 1.29 is 38.7 Å². The molecule has 14 nitrogen and oxygen atoms in total. The Kier molecular flexibility index (Phi) is 10.2. The summed E-state index contributed by atoms with van der Waals surface area (Å²) in [6, 6.07) is 6.22. The summed E-state index contributed by atoms with van der Waals surface area (Å²) in [5.41, 5.74) is -3.24. The number of carbonyl (C=O) groups excluding carboxylic acids is 2. The van der Waals surface area contributed by atoms with E-state index in [-0.39, 0.29) is 46.6 Å². The zero-order valence-electron chi connectivity index (χ0n) is 25.4. The fraction of sp³-hybridized carbons (Fsp3) is 0.419. The van der Waals surface area contributed by atoms with Gasteiger partial charge in [-0.2, -0.15) is 0 Å². The number of benzene rings is 1. The Hall–Kier alpha value is -4.53. The highest BCUT2D eigenvalue weighted by Crippen LogP contribution is 2.44. The number of ether oxygens (including phenoxy) is 4. The number of esters is 2. The number of pyridine rings is 2. The van der Waals surface area contributed by atoms with Gasteiger partial charge in [-0.25, -0.2) is 9.59 Å². The van der Waals surface area contributed by atoms with Gasteiger partial charge >= 0.3 is 11.9 Å². The van der Waals surface area contributed by atoms with E-state index in [9.17, 15) is 29.4 Å². The highest BCUT2D eigenvalue weighted by Gasteiger charge is 2.38. The van der Waals surface area contributed by atoms with E-state index in [0.29, 0.717) is 52.6 Å². The molecule has 2 aromatic heterocycles. The van der Waals surface area contributed by atoms with Crippen molar-refractivity contribution in [2.45, 2.75) is 19.8 Å². The molecule has 2 saturated heterocycles. The molecule has 0 unspecified atom stereocenters. The Morgan fingerprint density at radius 1 is 0.804 bits per heavy atom. The van der Waals surface area contributed by atoms with Gasteiger partial charge in [-0.3, -0.25) is 9.59 Å². The van der Waals surface area contributed by atoms with Gasteiger partial charge in [-0.1, -0.05) is 29.8 Å². The first-order chi connectivity index (χ1) is 22.2. The molecule has 5 rings (SSSR count). The van der Waals surface area contributed by atoms with Crippen LogP contribution in [0.1, 0.15) is 57.2 Å². The molecule has 4 N–H and O–H groups in total.